The van der Waals surface area contributed by atoms with Crippen molar-refractivity contribution >= 4 is 23.6 Å². The van der Waals surface area contributed by atoms with E-state index in [1.807, 2.05) is 38.1 Å². The molecule has 0 spiro atoms. The molecule has 0 radical (unpaired) electrons. The van der Waals surface area contributed by atoms with Gasteiger partial charge < -0.3 is 19.9 Å². The second-order valence-electron chi connectivity index (χ2n) is 14.0. The second-order valence-corrected chi connectivity index (χ2v) is 14.0. The van der Waals surface area contributed by atoms with Crippen molar-refractivity contribution in [1.29, 1.82) is 0 Å². The molecule has 0 bridgehead atoms. The highest BCUT2D eigenvalue weighted by Crippen LogP contribution is 2.39. The summed E-state index contributed by atoms with van der Waals surface area (Å²) in [6.07, 6.45) is 6.14. The topological polar surface area (TPSA) is 112 Å². The van der Waals surface area contributed by atoms with E-state index in [2.05, 4.69) is 16.2 Å². The fraction of sp³-hybridized carbons (Fsp3) is 0.421. The summed E-state index contributed by atoms with van der Waals surface area (Å²) in [4.78, 5) is 60.2. The van der Waals surface area contributed by atoms with Crippen LogP contribution in [0.5, 0.6) is 0 Å². The summed E-state index contributed by atoms with van der Waals surface area (Å²) in [7, 11) is 1.50. The van der Waals surface area contributed by atoms with Crippen LogP contribution in [-0.2, 0) is 32.6 Å². The van der Waals surface area contributed by atoms with Gasteiger partial charge in [0.1, 0.15) is 23.5 Å². The summed E-state index contributed by atoms with van der Waals surface area (Å²) < 4.78 is 19.0. The van der Waals surface area contributed by atoms with Crippen LogP contribution in [0.3, 0.4) is 0 Å². The number of ether oxygens (including phenoxy) is 1. The summed E-state index contributed by atoms with van der Waals surface area (Å²) >= 11 is 0. The van der Waals surface area contributed by atoms with Crippen molar-refractivity contribution in [2.24, 2.45) is 0 Å². The molecule has 0 aliphatic carbocycles. The van der Waals surface area contributed by atoms with Crippen molar-refractivity contribution in [1.82, 2.24) is 15.2 Å². The molecule has 2 atom stereocenters. The molecule has 254 valence electrons. The average molecular weight is 657 g/mol. The number of fused-ring (bicyclic) bond motifs is 1. The van der Waals surface area contributed by atoms with Gasteiger partial charge in [-0.05, 0) is 81.5 Å². The fourth-order valence-corrected chi connectivity index (χ4v) is 5.89. The molecule has 2 N–H and O–H groups in total. The van der Waals surface area contributed by atoms with Gasteiger partial charge in [0.25, 0.3) is 5.56 Å². The molecule has 0 saturated carbocycles. The normalized spacial score (nSPS) is 14.8. The summed E-state index contributed by atoms with van der Waals surface area (Å²) in [5.41, 5.74) is 2.40. The Morgan fingerprint density at radius 3 is 2.31 bits per heavy atom. The number of pyridine rings is 1. The Kier molecular flexibility index (Phi) is 10.8. The minimum absolute atomic E-state index is 0.244. The molecule has 1 aromatic heterocycles. The third-order valence-electron chi connectivity index (χ3n) is 8.49. The van der Waals surface area contributed by atoms with E-state index < -0.39 is 35.1 Å². The van der Waals surface area contributed by atoms with E-state index in [-0.39, 0.29) is 36.7 Å². The Morgan fingerprint density at radius 1 is 1.10 bits per heavy atom. The third-order valence-corrected chi connectivity index (χ3v) is 8.49. The summed E-state index contributed by atoms with van der Waals surface area (Å²) in [5, 5.41) is 2.95. The van der Waals surface area contributed by atoms with E-state index in [9.17, 15) is 23.6 Å². The van der Waals surface area contributed by atoms with Crippen molar-refractivity contribution in [2.75, 3.05) is 18.5 Å². The standard InChI is InChI=1S/C38H45FN4O5/c1-9-24-11-13-25(14-12-24)17-20-29(40-34(45)30(10-2)42(8)36(47)48-37(3,4)5)35(46)43-23-38(6,7)32-31(43)22-27(33(44)41-32)21-26-15-18-28(39)19-16-26/h1,11-16,18-19,22,29-30H,10,17,20-21,23H2,2-8H3,(H,40,45)(H,41,44)/t29-,30-/m0/s1. The number of hydrogen-bond acceptors (Lipinski definition) is 5. The zero-order valence-electron chi connectivity index (χ0n) is 28.8. The zero-order valence-corrected chi connectivity index (χ0v) is 28.8. The van der Waals surface area contributed by atoms with Crippen molar-refractivity contribution in [3.8, 4) is 12.3 Å². The van der Waals surface area contributed by atoms with E-state index in [1.165, 1.54) is 24.1 Å². The van der Waals surface area contributed by atoms with Gasteiger partial charge in [-0.3, -0.25) is 19.3 Å². The molecular weight excluding hydrogens is 611 g/mol. The first-order chi connectivity index (χ1) is 22.5. The minimum atomic E-state index is -0.958. The SMILES string of the molecule is C#Cc1ccc(CC[C@H](NC(=O)[C@H](CC)N(C)C(=O)OC(C)(C)C)C(=O)N2CC(C)(C)c3[nH]c(=O)c(Cc4ccc(F)cc4)cc32)cc1. The van der Waals surface area contributed by atoms with Gasteiger partial charge in [-0.25, -0.2) is 9.18 Å². The quantitative estimate of drug-likeness (QED) is 0.281. The fourth-order valence-electron chi connectivity index (χ4n) is 5.89. The lowest BCUT2D eigenvalue weighted by Crippen LogP contribution is -2.55. The Labute approximate surface area is 281 Å². The number of aromatic nitrogens is 1. The van der Waals surface area contributed by atoms with Crippen LogP contribution < -0.4 is 15.8 Å². The molecule has 48 heavy (non-hydrogen) atoms. The molecule has 1 aliphatic rings. The molecule has 4 rings (SSSR count). The van der Waals surface area contributed by atoms with Crippen LogP contribution in [-0.4, -0.2) is 59.1 Å². The number of benzene rings is 2. The van der Waals surface area contributed by atoms with Gasteiger partial charge in [0.2, 0.25) is 11.8 Å². The lowest BCUT2D eigenvalue weighted by atomic mass is 9.91. The van der Waals surface area contributed by atoms with Gasteiger partial charge in [0.05, 0.1) is 5.69 Å². The van der Waals surface area contributed by atoms with Crippen molar-refractivity contribution in [2.45, 2.75) is 90.3 Å². The molecule has 9 nitrogen and oxygen atoms in total. The van der Waals surface area contributed by atoms with Crippen LogP contribution in [0.2, 0.25) is 0 Å². The number of aryl methyl sites for hydroxylation is 1. The maximum atomic E-state index is 14.5. The maximum absolute atomic E-state index is 14.5. The summed E-state index contributed by atoms with van der Waals surface area (Å²) in [5.74, 6) is 1.40. The maximum Gasteiger partial charge on any atom is 0.410 e. The predicted molar refractivity (Wildman–Crippen MR) is 184 cm³/mol. The van der Waals surface area contributed by atoms with E-state index in [4.69, 9.17) is 11.2 Å². The number of anilines is 1. The Morgan fingerprint density at radius 2 is 1.73 bits per heavy atom. The number of nitrogens with one attached hydrogen (secondary N) is 2. The number of carbonyl (C=O) groups is 3. The van der Waals surface area contributed by atoms with Crippen LogP contribution in [0.1, 0.15) is 82.3 Å². The zero-order chi connectivity index (χ0) is 35.4. The molecule has 1 aliphatic heterocycles. The molecular formula is C38H45FN4O5. The van der Waals surface area contributed by atoms with Gasteiger partial charge in [-0.1, -0.05) is 51.0 Å². The first kappa shape index (κ1) is 35.9. The molecule has 0 unspecified atom stereocenters. The molecule has 0 saturated heterocycles. The smallest absolute Gasteiger partial charge is 0.410 e. The van der Waals surface area contributed by atoms with Gasteiger partial charge >= 0.3 is 6.09 Å². The average Bonchev–Trinajstić information content (AvgIpc) is 3.28. The van der Waals surface area contributed by atoms with Crippen LogP contribution in [0, 0.1) is 18.2 Å². The third kappa shape index (κ3) is 8.51. The highest BCUT2D eigenvalue weighted by molar-refractivity contribution is 6.01. The number of halogens is 1. The van der Waals surface area contributed by atoms with E-state index in [1.54, 1.807) is 50.8 Å². The monoisotopic (exact) mass is 656 g/mol. The Hall–Kier alpha value is -4.91. The first-order valence-electron chi connectivity index (χ1n) is 16.2. The van der Waals surface area contributed by atoms with Crippen LogP contribution in [0.25, 0.3) is 0 Å². The number of carbonyl (C=O) groups excluding carboxylic acids is 3. The van der Waals surface area contributed by atoms with Gasteiger partial charge in [-0.15, -0.1) is 6.42 Å². The van der Waals surface area contributed by atoms with E-state index in [0.29, 0.717) is 29.8 Å². The molecule has 0 fully saturated rings. The van der Waals surface area contributed by atoms with Gasteiger partial charge in [0.15, 0.2) is 0 Å². The van der Waals surface area contributed by atoms with Crippen LogP contribution in [0.15, 0.2) is 59.4 Å². The van der Waals surface area contributed by atoms with E-state index >= 15 is 0 Å². The van der Waals surface area contributed by atoms with E-state index in [0.717, 1.165) is 16.7 Å². The van der Waals surface area contributed by atoms with Crippen molar-refractivity contribution in [3.63, 3.8) is 0 Å². The summed E-state index contributed by atoms with van der Waals surface area (Å²) in [6.45, 7) is 11.2. The lowest BCUT2D eigenvalue weighted by Gasteiger charge is -2.31. The molecule has 2 aromatic carbocycles. The van der Waals surface area contributed by atoms with Crippen molar-refractivity contribution in [3.05, 3.63) is 98.7 Å². The minimum Gasteiger partial charge on any atom is -0.444 e. The van der Waals surface area contributed by atoms with Gasteiger partial charge in [-0.2, -0.15) is 0 Å². The lowest BCUT2D eigenvalue weighted by molar-refractivity contribution is -0.130. The highest BCUT2D eigenvalue weighted by Gasteiger charge is 2.42. The number of terminal acetylenes is 1. The number of aromatic amines is 1. The highest BCUT2D eigenvalue weighted by atomic mass is 19.1. The van der Waals surface area contributed by atoms with Crippen LogP contribution in [0.4, 0.5) is 14.9 Å². The molecule has 3 amide bonds. The number of H-pyrrole nitrogens is 1. The van der Waals surface area contributed by atoms with Crippen LogP contribution >= 0.6 is 0 Å². The predicted octanol–water partition coefficient (Wildman–Crippen LogP) is 5.47. The molecule has 3 aromatic rings. The number of amides is 3. The Bertz CT molecular complexity index is 1750. The number of nitrogens with zero attached hydrogens (tertiary/aromatic N) is 2. The van der Waals surface area contributed by atoms with Gasteiger partial charge in [0, 0.05) is 42.2 Å². The second kappa shape index (κ2) is 14.5. The number of likely N-dealkylation sites (N-methyl/N-ethyl adjacent to an activating group) is 1. The summed E-state index contributed by atoms with van der Waals surface area (Å²) in [6, 6.07) is 13.2. The first-order valence-corrected chi connectivity index (χ1v) is 16.2. The number of rotatable bonds is 10. The largest absolute Gasteiger partial charge is 0.444 e. The molecule has 2 heterocycles. The van der Waals surface area contributed by atoms with Crippen molar-refractivity contribution < 1.29 is 23.5 Å². The molecule has 10 heteroatoms. The Balaban J connectivity index is 1.66. The number of hydrogen-bond donors (Lipinski definition) is 2.